The summed E-state index contributed by atoms with van der Waals surface area (Å²) in [5.74, 6) is -0.860. The number of carbonyl (C=O) groups is 1. The zero-order chi connectivity index (χ0) is 10.4. The quantitative estimate of drug-likeness (QED) is 0.750. The number of hydrogen-bond acceptors (Lipinski definition) is 3. The van der Waals surface area contributed by atoms with Crippen molar-refractivity contribution >= 4 is 12.0 Å². The maximum atomic E-state index is 10.2. The standard InChI is InChI=1S/C10H11NO3/c12-7-9-5-4-8(6-11-9)2-1-3-10(13)14/h1-2,4-6,12H,3,7H2,(H,13,14). The molecular weight excluding hydrogens is 182 g/mol. The highest BCUT2D eigenvalue weighted by Crippen LogP contribution is 2.03. The van der Waals surface area contributed by atoms with Crippen LogP contribution in [-0.2, 0) is 11.4 Å². The third kappa shape index (κ3) is 3.37. The molecule has 1 aromatic rings. The predicted octanol–water partition coefficient (Wildman–Crippen LogP) is 1.06. The average molecular weight is 193 g/mol. The number of aliphatic hydroxyl groups is 1. The Kier molecular flexibility index (Phi) is 3.82. The van der Waals surface area contributed by atoms with Crippen molar-refractivity contribution in [2.24, 2.45) is 0 Å². The molecule has 0 bridgehead atoms. The molecular formula is C10H11NO3. The molecule has 14 heavy (non-hydrogen) atoms. The van der Waals surface area contributed by atoms with Crippen LogP contribution in [0.5, 0.6) is 0 Å². The fourth-order valence-electron chi connectivity index (χ4n) is 0.924. The molecule has 0 unspecified atom stereocenters. The third-order valence-corrected chi connectivity index (χ3v) is 1.61. The summed E-state index contributed by atoms with van der Waals surface area (Å²) in [5.41, 5.74) is 1.42. The van der Waals surface area contributed by atoms with E-state index in [2.05, 4.69) is 4.98 Å². The fraction of sp³-hybridized carbons (Fsp3) is 0.200. The van der Waals surface area contributed by atoms with Crippen molar-refractivity contribution in [1.29, 1.82) is 0 Å². The molecule has 0 amide bonds. The number of carboxylic acids is 1. The topological polar surface area (TPSA) is 70.4 Å². The van der Waals surface area contributed by atoms with Gasteiger partial charge in [0.1, 0.15) is 0 Å². The first-order valence-corrected chi connectivity index (χ1v) is 4.16. The first-order valence-electron chi connectivity index (χ1n) is 4.16. The van der Waals surface area contributed by atoms with Gasteiger partial charge in [-0.2, -0.15) is 0 Å². The van der Waals surface area contributed by atoms with Crippen LogP contribution in [0.4, 0.5) is 0 Å². The van der Waals surface area contributed by atoms with Crippen LogP contribution in [0.1, 0.15) is 17.7 Å². The number of aliphatic carboxylic acids is 1. The predicted molar refractivity (Wildman–Crippen MR) is 51.4 cm³/mol. The summed E-state index contributed by atoms with van der Waals surface area (Å²) in [4.78, 5) is 14.1. The van der Waals surface area contributed by atoms with Crippen LogP contribution in [-0.4, -0.2) is 21.2 Å². The van der Waals surface area contributed by atoms with Gasteiger partial charge in [0.25, 0.3) is 0 Å². The Balaban J connectivity index is 2.59. The maximum Gasteiger partial charge on any atom is 0.307 e. The summed E-state index contributed by atoms with van der Waals surface area (Å²) in [7, 11) is 0. The Morgan fingerprint density at radius 2 is 2.29 bits per heavy atom. The number of hydrogen-bond donors (Lipinski definition) is 2. The summed E-state index contributed by atoms with van der Waals surface area (Å²) in [6.45, 7) is -0.0842. The molecule has 0 radical (unpaired) electrons. The highest BCUT2D eigenvalue weighted by Gasteiger charge is 1.92. The molecule has 0 aliphatic rings. The lowest BCUT2D eigenvalue weighted by atomic mass is 10.2. The van der Waals surface area contributed by atoms with Gasteiger partial charge < -0.3 is 10.2 Å². The van der Waals surface area contributed by atoms with Gasteiger partial charge in [-0.1, -0.05) is 18.2 Å². The van der Waals surface area contributed by atoms with E-state index in [1.54, 1.807) is 30.5 Å². The van der Waals surface area contributed by atoms with E-state index in [-0.39, 0.29) is 13.0 Å². The molecule has 0 atom stereocenters. The zero-order valence-electron chi connectivity index (χ0n) is 7.55. The molecule has 74 valence electrons. The van der Waals surface area contributed by atoms with Crippen molar-refractivity contribution in [3.05, 3.63) is 35.7 Å². The van der Waals surface area contributed by atoms with Crippen LogP contribution in [0.2, 0.25) is 0 Å². The van der Waals surface area contributed by atoms with Gasteiger partial charge in [-0.25, -0.2) is 0 Å². The lowest BCUT2D eigenvalue weighted by Gasteiger charge is -1.95. The van der Waals surface area contributed by atoms with E-state index in [1.165, 1.54) is 0 Å². The second-order valence-electron chi connectivity index (χ2n) is 2.74. The van der Waals surface area contributed by atoms with Crippen LogP contribution < -0.4 is 0 Å². The molecule has 4 nitrogen and oxygen atoms in total. The lowest BCUT2D eigenvalue weighted by molar-refractivity contribution is -0.135. The minimum atomic E-state index is -0.860. The third-order valence-electron chi connectivity index (χ3n) is 1.61. The Bertz CT molecular complexity index is 330. The van der Waals surface area contributed by atoms with Crippen LogP contribution in [0.3, 0.4) is 0 Å². The van der Waals surface area contributed by atoms with Gasteiger partial charge in [-0.05, 0) is 11.6 Å². The van der Waals surface area contributed by atoms with E-state index >= 15 is 0 Å². The molecule has 0 aliphatic heterocycles. The van der Waals surface area contributed by atoms with E-state index in [0.717, 1.165) is 5.56 Å². The monoisotopic (exact) mass is 193 g/mol. The van der Waals surface area contributed by atoms with Gasteiger partial charge in [0.2, 0.25) is 0 Å². The van der Waals surface area contributed by atoms with Crippen LogP contribution in [0.15, 0.2) is 24.4 Å². The molecule has 1 rings (SSSR count). The van der Waals surface area contributed by atoms with E-state index in [4.69, 9.17) is 10.2 Å². The smallest absolute Gasteiger partial charge is 0.307 e. The van der Waals surface area contributed by atoms with Gasteiger partial charge in [0, 0.05) is 6.20 Å². The summed E-state index contributed by atoms with van der Waals surface area (Å²) < 4.78 is 0. The Morgan fingerprint density at radius 1 is 1.50 bits per heavy atom. The van der Waals surface area contributed by atoms with Gasteiger partial charge in [0.15, 0.2) is 0 Å². The van der Waals surface area contributed by atoms with Crippen LogP contribution in [0, 0.1) is 0 Å². The molecule has 4 heteroatoms. The molecule has 1 aromatic heterocycles. The highest BCUT2D eigenvalue weighted by molar-refractivity contribution is 5.70. The molecule has 0 saturated carbocycles. The zero-order valence-corrected chi connectivity index (χ0v) is 7.55. The Morgan fingerprint density at radius 3 is 2.79 bits per heavy atom. The van der Waals surface area contributed by atoms with E-state index in [0.29, 0.717) is 5.69 Å². The Hall–Kier alpha value is -1.68. The molecule has 0 spiro atoms. The van der Waals surface area contributed by atoms with E-state index < -0.39 is 5.97 Å². The second-order valence-corrected chi connectivity index (χ2v) is 2.74. The summed E-state index contributed by atoms with van der Waals surface area (Å²) in [6, 6.07) is 3.47. The molecule has 2 N–H and O–H groups in total. The fourth-order valence-corrected chi connectivity index (χ4v) is 0.924. The van der Waals surface area contributed by atoms with E-state index in [9.17, 15) is 4.79 Å². The van der Waals surface area contributed by atoms with Crippen LogP contribution >= 0.6 is 0 Å². The summed E-state index contributed by atoms with van der Waals surface area (Å²) in [5, 5.41) is 17.1. The number of nitrogens with zero attached hydrogens (tertiary/aromatic N) is 1. The minimum absolute atomic E-state index is 0.00174. The largest absolute Gasteiger partial charge is 0.481 e. The normalized spacial score (nSPS) is 10.6. The number of rotatable bonds is 4. The number of aromatic nitrogens is 1. The number of aliphatic hydroxyl groups excluding tert-OH is 1. The molecule has 0 aromatic carbocycles. The van der Waals surface area contributed by atoms with Gasteiger partial charge >= 0.3 is 5.97 Å². The van der Waals surface area contributed by atoms with Crippen molar-refractivity contribution in [3.63, 3.8) is 0 Å². The molecule has 0 fully saturated rings. The van der Waals surface area contributed by atoms with Crippen molar-refractivity contribution < 1.29 is 15.0 Å². The van der Waals surface area contributed by atoms with Gasteiger partial charge in [-0.3, -0.25) is 9.78 Å². The second kappa shape index (κ2) is 5.14. The SMILES string of the molecule is O=C(O)CC=Cc1ccc(CO)nc1. The van der Waals surface area contributed by atoms with Crippen molar-refractivity contribution in [2.45, 2.75) is 13.0 Å². The molecule has 0 saturated heterocycles. The van der Waals surface area contributed by atoms with Crippen LogP contribution in [0.25, 0.3) is 6.08 Å². The van der Waals surface area contributed by atoms with Crippen molar-refractivity contribution in [1.82, 2.24) is 4.98 Å². The van der Waals surface area contributed by atoms with Crippen molar-refractivity contribution in [2.75, 3.05) is 0 Å². The van der Waals surface area contributed by atoms with Gasteiger partial charge in [0.05, 0.1) is 18.7 Å². The average Bonchev–Trinajstić information content (AvgIpc) is 2.18. The number of pyridine rings is 1. The highest BCUT2D eigenvalue weighted by atomic mass is 16.4. The minimum Gasteiger partial charge on any atom is -0.481 e. The molecule has 1 heterocycles. The van der Waals surface area contributed by atoms with E-state index in [1.807, 2.05) is 0 Å². The number of carboxylic acid groups (broad SMARTS) is 1. The molecule has 0 aliphatic carbocycles. The maximum absolute atomic E-state index is 10.2. The first kappa shape index (κ1) is 10.4. The summed E-state index contributed by atoms with van der Waals surface area (Å²) in [6.07, 6.45) is 4.83. The van der Waals surface area contributed by atoms with Crippen molar-refractivity contribution in [3.8, 4) is 0 Å². The van der Waals surface area contributed by atoms with Gasteiger partial charge in [-0.15, -0.1) is 0 Å². The summed E-state index contributed by atoms with van der Waals surface area (Å²) >= 11 is 0. The Labute approximate surface area is 81.5 Å². The first-order chi connectivity index (χ1) is 6.72. The lowest BCUT2D eigenvalue weighted by Crippen LogP contribution is -1.90.